The summed E-state index contributed by atoms with van der Waals surface area (Å²) in [6.07, 6.45) is 14.5. The smallest absolute Gasteiger partial charge is 0.0378 e. The molecule has 2 heteroatoms. The minimum absolute atomic E-state index is 0.592. The van der Waals surface area contributed by atoms with Crippen LogP contribution in [-0.4, -0.2) is 19.6 Å². The van der Waals surface area contributed by atoms with Gasteiger partial charge in [0.1, 0.15) is 0 Å². The van der Waals surface area contributed by atoms with Gasteiger partial charge in [0.15, 0.2) is 0 Å². The summed E-state index contributed by atoms with van der Waals surface area (Å²) < 4.78 is 0. The van der Waals surface area contributed by atoms with Crippen molar-refractivity contribution in [3.05, 3.63) is 113 Å². The van der Waals surface area contributed by atoms with Gasteiger partial charge in [-0.15, -0.1) is 6.42 Å². The summed E-state index contributed by atoms with van der Waals surface area (Å²) in [4.78, 5) is 0. The van der Waals surface area contributed by atoms with E-state index in [1.54, 1.807) is 0 Å². The van der Waals surface area contributed by atoms with Gasteiger partial charge >= 0.3 is 0 Å². The van der Waals surface area contributed by atoms with E-state index in [4.69, 9.17) is 6.42 Å². The number of allylic oxidation sites excluding steroid dienone is 1. The van der Waals surface area contributed by atoms with Gasteiger partial charge in [0.2, 0.25) is 0 Å². The van der Waals surface area contributed by atoms with E-state index in [1.807, 2.05) is 112 Å². The molecule has 2 N–H and O–H groups in total. The minimum Gasteiger partial charge on any atom is -0.382 e. The van der Waals surface area contributed by atoms with E-state index in [2.05, 4.69) is 116 Å². The molecule has 0 bridgehead atoms. The van der Waals surface area contributed by atoms with Gasteiger partial charge in [0.25, 0.3) is 0 Å². The van der Waals surface area contributed by atoms with E-state index in [-0.39, 0.29) is 0 Å². The lowest BCUT2D eigenvalue weighted by Gasteiger charge is -2.21. The van der Waals surface area contributed by atoms with Crippen molar-refractivity contribution in [2.24, 2.45) is 0 Å². The third kappa shape index (κ3) is 36.6. The molecule has 0 amide bonds. The largest absolute Gasteiger partial charge is 0.382 e. The van der Waals surface area contributed by atoms with Crippen molar-refractivity contribution >= 4 is 17.3 Å². The van der Waals surface area contributed by atoms with Crippen LogP contribution in [0.2, 0.25) is 0 Å². The summed E-state index contributed by atoms with van der Waals surface area (Å²) in [5.74, 6) is 2.60. The number of hydrogen-bond donors (Lipinski definition) is 2. The Hall–Kier alpha value is -3.54. The molecule has 0 spiro atoms. The molecule has 0 radical (unpaired) electrons. The highest BCUT2D eigenvalue weighted by atomic mass is 14.9. The molecule has 0 aliphatic heterocycles. The summed E-state index contributed by atoms with van der Waals surface area (Å²) in [7, 11) is 1.96. The number of aryl methyl sites for hydroxylation is 4. The molecule has 3 rings (SSSR count). The van der Waals surface area contributed by atoms with E-state index in [0.29, 0.717) is 6.04 Å². The van der Waals surface area contributed by atoms with Crippen molar-refractivity contribution in [1.82, 2.24) is 5.32 Å². The lowest BCUT2D eigenvalue weighted by molar-refractivity contribution is 0.586. The number of terminal acetylenes is 1. The van der Waals surface area contributed by atoms with Crippen LogP contribution in [0.4, 0.5) is 5.69 Å². The van der Waals surface area contributed by atoms with E-state index in [9.17, 15) is 0 Å². The Kier molecular flexibility index (Phi) is 56.2. The van der Waals surface area contributed by atoms with Gasteiger partial charge in [-0.2, -0.15) is 0 Å². The lowest BCUT2D eigenvalue weighted by atomic mass is 9.98. The number of benzene rings is 3. The van der Waals surface area contributed by atoms with Crippen LogP contribution < -0.4 is 10.6 Å². The first kappa shape index (κ1) is 61.5. The SMILES string of the molecule is C#Cc1ccccc1C.C=C(C)c1cc(NC(CCC)CCC)c(C)cc1C.C=Cc1cccc(C)c1.CC.CC.CC.CC.CCC.CCCNC. The van der Waals surface area contributed by atoms with E-state index >= 15 is 0 Å². The third-order valence-corrected chi connectivity index (χ3v) is 6.74. The molecule has 304 valence electrons. The fourth-order valence-corrected chi connectivity index (χ4v) is 4.46. The normalized spacial score (nSPS) is 8.43. The maximum atomic E-state index is 5.20. The van der Waals surface area contributed by atoms with Crippen molar-refractivity contribution in [2.75, 3.05) is 18.9 Å². The fraction of sp³-hybridized carbons (Fsp3) is 0.529. The summed E-state index contributed by atoms with van der Waals surface area (Å²) in [6, 6.07) is 21.3. The average Bonchev–Trinajstić information content (AvgIpc) is 3.17. The Morgan fingerprint density at radius 2 is 1.23 bits per heavy atom. The highest BCUT2D eigenvalue weighted by Crippen LogP contribution is 2.26. The second-order valence-corrected chi connectivity index (χ2v) is 11.6. The molecule has 53 heavy (non-hydrogen) atoms. The Balaban J connectivity index is -0.000000137. The predicted octanol–water partition coefficient (Wildman–Crippen LogP) is 16.5. The zero-order valence-electron chi connectivity index (χ0n) is 38.9. The summed E-state index contributed by atoms with van der Waals surface area (Å²) >= 11 is 0. The van der Waals surface area contributed by atoms with Gasteiger partial charge in [0, 0.05) is 17.3 Å². The molecule has 0 aliphatic rings. The first-order valence-electron chi connectivity index (χ1n) is 20.9. The van der Waals surface area contributed by atoms with Gasteiger partial charge in [-0.05, 0) is 107 Å². The van der Waals surface area contributed by atoms with Crippen molar-refractivity contribution in [1.29, 1.82) is 0 Å². The molecular formula is C51H90N2. The highest BCUT2D eigenvalue weighted by molar-refractivity contribution is 5.70. The molecule has 0 unspecified atom stereocenters. The fourth-order valence-electron chi connectivity index (χ4n) is 4.46. The maximum Gasteiger partial charge on any atom is 0.0378 e. The first-order valence-corrected chi connectivity index (χ1v) is 20.9. The van der Waals surface area contributed by atoms with Crippen LogP contribution in [0.25, 0.3) is 11.6 Å². The second kappa shape index (κ2) is 48.5. The maximum absolute atomic E-state index is 5.20. The zero-order valence-corrected chi connectivity index (χ0v) is 38.9. The lowest BCUT2D eigenvalue weighted by Crippen LogP contribution is -2.19. The molecule has 0 atom stereocenters. The molecular weight excluding hydrogens is 641 g/mol. The number of nitrogens with one attached hydrogen (secondary N) is 2. The van der Waals surface area contributed by atoms with Crippen LogP contribution >= 0.6 is 0 Å². The van der Waals surface area contributed by atoms with Crippen LogP contribution in [0.5, 0.6) is 0 Å². The van der Waals surface area contributed by atoms with Crippen molar-refractivity contribution in [3.63, 3.8) is 0 Å². The van der Waals surface area contributed by atoms with Crippen LogP contribution in [0.1, 0.15) is 174 Å². The molecule has 0 heterocycles. The van der Waals surface area contributed by atoms with Gasteiger partial charge < -0.3 is 10.6 Å². The topological polar surface area (TPSA) is 24.1 Å². The minimum atomic E-state index is 0.592. The standard InChI is InChI=1S/C18H29N.C9H10.C9H8.C4H11N.C3H8.4C2H6/c1-7-9-16(10-8-2)19-18-12-17(13(3)4)14(5)11-15(18)6;1-3-9-6-4-5-8(2)7-9;1-3-9-7-5-4-6-8(9)2;1-3-4-5-2;1-3-2;4*1-2/h11-12,16,19H,3,7-10H2,1-2,4-6H3;3-7H,1H2,2H3;1,4-7H,2H3;5H,3-4H2,1-2H3;3H2,1-2H3;4*1-2H3. The van der Waals surface area contributed by atoms with Crippen LogP contribution in [0, 0.1) is 40.0 Å². The van der Waals surface area contributed by atoms with Crippen LogP contribution in [-0.2, 0) is 0 Å². The van der Waals surface area contributed by atoms with E-state index in [0.717, 1.165) is 17.7 Å². The number of anilines is 1. The Bertz CT molecular complexity index is 1240. The first-order chi connectivity index (χ1) is 25.5. The van der Waals surface area contributed by atoms with Crippen LogP contribution in [0.15, 0.2) is 73.8 Å². The van der Waals surface area contributed by atoms with Gasteiger partial charge in [0.05, 0.1) is 0 Å². The molecule has 2 nitrogen and oxygen atoms in total. The van der Waals surface area contributed by atoms with Crippen molar-refractivity contribution in [2.45, 2.75) is 169 Å². The van der Waals surface area contributed by atoms with Gasteiger partial charge in [-0.3, -0.25) is 0 Å². The summed E-state index contributed by atoms with van der Waals surface area (Å²) in [5.41, 5.74) is 11.0. The van der Waals surface area contributed by atoms with Crippen molar-refractivity contribution in [3.8, 4) is 12.3 Å². The number of hydrogen-bond acceptors (Lipinski definition) is 2. The third-order valence-electron chi connectivity index (χ3n) is 6.74. The molecule has 0 aliphatic carbocycles. The molecule has 0 saturated heterocycles. The highest BCUT2D eigenvalue weighted by Gasteiger charge is 2.10. The number of rotatable bonds is 10. The summed E-state index contributed by atoms with van der Waals surface area (Å²) in [6.45, 7) is 46.3. The predicted molar refractivity (Wildman–Crippen MR) is 254 cm³/mol. The van der Waals surface area contributed by atoms with Crippen molar-refractivity contribution < 1.29 is 0 Å². The average molecular weight is 731 g/mol. The van der Waals surface area contributed by atoms with Gasteiger partial charge in [-0.25, -0.2) is 0 Å². The Labute approximate surface area is 334 Å². The Morgan fingerprint density at radius 3 is 1.55 bits per heavy atom. The van der Waals surface area contributed by atoms with E-state index in [1.165, 1.54) is 77.6 Å². The second-order valence-electron chi connectivity index (χ2n) is 11.6. The van der Waals surface area contributed by atoms with Gasteiger partial charge in [-0.1, -0.05) is 194 Å². The monoisotopic (exact) mass is 731 g/mol. The van der Waals surface area contributed by atoms with E-state index < -0.39 is 0 Å². The summed E-state index contributed by atoms with van der Waals surface area (Å²) in [5, 5.41) is 6.75. The molecule has 0 saturated carbocycles. The zero-order chi connectivity index (χ0) is 42.6. The quantitative estimate of drug-likeness (QED) is 0.203. The Morgan fingerprint density at radius 1 is 0.717 bits per heavy atom. The molecule has 0 fully saturated rings. The molecule has 3 aromatic carbocycles. The molecule has 3 aromatic rings. The molecule has 0 aromatic heterocycles. The van der Waals surface area contributed by atoms with Crippen LogP contribution in [0.3, 0.4) is 0 Å².